The zero-order valence-corrected chi connectivity index (χ0v) is 12.9. The van der Waals surface area contributed by atoms with Crippen LogP contribution in [0.1, 0.15) is 12.2 Å². The monoisotopic (exact) mass is 343 g/mol. The molecule has 0 saturated carbocycles. The first-order chi connectivity index (χ1) is 9.15. The van der Waals surface area contributed by atoms with Gasteiger partial charge in [-0.3, -0.25) is 9.69 Å². The van der Waals surface area contributed by atoms with Crippen LogP contribution in [-0.4, -0.2) is 41.2 Å². The van der Waals surface area contributed by atoms with Crippen molar-refractivity contribution < 1.29 is 4.74 Å². The fourth-order valence-corrected chi connectivity index (χ4v) is 3.80. The summed E-state index contributed by atoms with van der Waals surface area (Å²) in [5.41, 5.74) is 0.705. The standard InChI is InChI=1S/C12H14BrN3O2S/c1-18-7-2-3-16(5-7)6-10-14-8-4-9(13)19-11(8)12(17)15-10/h4,7H,2-3,5-6H2,1H3,(H,14,15,17)/t7-/m0/s1. The molecule has 5 nitrogen and oxygen atoms in total. The summed E-state index contributed by atoms with van der Waals surface area (Å²) in [6.07, 6.45) is 1.33. The minimum absolute atomic E-state index is 0.0572. The molecular formula is C12H14BrN3O2S. The number of aromatic amines is 1. The van der Waals surface area contributed by atoms with E-state index in [1.807, 2.05) is 6.07 Å². The van der Waals surface area contributed by atoms with Crippen LogP contribution in [0, 0.1) is 0 Å². The van der Waals surface area contributed by atoms with Gasteiger partial charge in [0.1, 0.15) is 10.5 Å². The van der Waals surface area contributed by atoms with Gasteiger partial charge < -0.3 is 9.72 Å². The van der Waals surface area contributed by atoms with E-state index in [2.05, 4.69) is 30.8 Å². The summed E-state index contributed by atoms with van der Waals surface area (Å²) < 4.78 is 6.94. The molecule has 1 fully saturated rings. The Labute approximate surface area is 122 Å². The van der Waals surface area contributed by atoms with Crippen LogP contribution in [0.5, 0.6) is 0 Å². The average Bonchev–Trinajstić information content (AvgIpc) is 2.95. The van der Waals surface area contributed by atoms with Crippen molar-refractivity contribution in [2.45, 2.75) is 19.1 Å². The van der Waals surface area contributed by atoms with Gasteiger partial charge in [0.15, 0.2) is 0 Å². The van der Waals surface area contributed by atoms with Crippen LogP contribution in [0.3, 0.4) is 0 Å². The molecule has 0 aromatic carbocycles. The van der Waals surface area contributed by atoms with Crippen molar-refractivity contribution in [3.05, 3.63) is 26.0 Å². The molecule has 3 rings (SSSR count). The number of halogens is 1. The number of ether oxygens (including phenoxy) is 1. The fraction of sp³-hybridized carbons (Fsp3) is 0.500. The Morgan fingerprint density at radius 1 is 1.68 bits per heavy atom. The molecule has 2 aromatic heterocycles. The first kappa shape index (κ1) is 13.2. The van der Waals surface area contributed by atoms with Gasteiger partial charge in [0.05, 0.1) is 22.0 Å². The lowest BCUT2D eigenvalue weighted by molar-refractivity contribution is 0.107. The summed E-state index contributed by atoms with van der Waals surface area (Å²) in [5, 5.41) is 0. The Kier molecular flexibility index (Phi) is 3.70. The Hall–Kier alpha value is -0.760. The van der Waals surface area contributed by atoms with E-state index < -0.39 is 0 Å². The van der Waals surface area contributed by atoms with Gasteiger partial charge in [-0.2, -0.15) is 0 Å². The molecule has 0 radical (unpaired) electrons. The minimum atomic E-state index is -0.0572. The van der Waals surface area contributed by atoms with Crippen LogP contribution in [0.25, 0.3) is 10.2 Å². The lowest BCUT2D eigenvalue weighted by Gasteiger charge is -2.14. The zero-order valence-electron chi connectivity index (χ0n) is 10.5. The Balaban J connectivity index is 1.83. The van der Waals surface area contributed by atoms with E-state index in [1.54, 1.807) is 7.11 Å². The van der Waals surface area contributed by atoms with Crippen molar-refractivity contribution in [3.63, 3.8) is 0 Å². The van der Waals surface area contributed by atoms with E-state index in [0.29, 0.717) is 17.3 Å². The van der Waals surface area contributed by atoms with Gasteiger partial charge >= 0.3 is 0 Å². The normalized spacial score (nSPS) is 20.4. The summed E-state index contributed by atoms with van der Waals surface area (Å²) >= 11 is 4.80. The minimum Gasteiger partial charge on any atom is -0.380 e. The van der Waals surface area contributed by atoms with Crippen molar-refractivity contribution in [2.75, 3.05) is 20.2 Å². The van der Waals surface area contributed by atoms with E-state index in [4.69, 9.17) is 4.74 Å². The summed E-state index contributed by atoms with van der Waals surface area (Å²) in [6.45, 7) is 2.54. The molecule has 102 valence electrons. The van der Waals surface area contributed by atoms with Crippen LogP contribution in [0.15, 0.2) is 14.6 Å². The van der Waals surface area contributed by atoms with Gasteiger partial charge in [0.25, 0.3) is 5.56 Å². The predicted molar refractivity (Wildman–Crippen MR) is 78.6 cm³/mol. The molecule has 7 heteroatoms. The number of hydrogen-bond donors (Lipinski definition) is 1. The van der Waals surface area contributed by atoms with E-state index in [9.17, 15) is 4.79 Å². The molecule has 0 aliphatic carbocycles. The topological polar surface area (TPSA) is 58.2 Å². The quantitative estimate of drug-likeness (QED) is 0.925. The maximum atomic E-state index is 12.0. The van der Waals surface area contributed by atoms with Crippen LogP contribution >= 0.6 is 27.3 Å². The molecule has 1 atom stereocenters. The number of H-pyrrole nitrogens is 1. The molecule has 1 saturated heterocycles. The van der Waals surface area contributed by atoms with Crippen molar-refractivity contribution in [3.8, 4) is 0 Å². The number of rotatable bonds is 3. The highest BCUT2D eigenvalue weighted by Gasteiger charge is 2.22. The number of thiophene rings is 1. The van der Waals surface area contributed by atoms with Gasteiger partial charge in [0, 0.05) is 20.2 Å². The average molecular weight is 344 g/mol. The second kappa shape index (κ2) is 5.32. The molecule has 0 bridgehead atoms. The van der Waals surface area contributed by atoms with Gasteiger partial charge in [-0.05, 0) is 28.4 Å². The second-order valence-corrected chi connectivity index (χ2v) is 7.09. The maximum Gasteiger partial charge on any atom is 0.268 e. The SMILES string of the molecule is CO[C@H]1CCN(Cc2nc3cc(Br)sc3c(=O)[nH]2)C1. The van der Waals surface area contributed by atoms with Gasteiger partial charge in [-0.15, -0.1) is 11.3 Å². The predicted octanol–water partition coefficient (Wildman–Crippen LogP) is 1.97. The summed E-state index contributed by atoms with van der Waals surface area (Å²) in [6, 6.07) is 1.89. The molecule has 19 heavy (non-hydrogen) atoms. The van der Waals surface area contributed by atoms with Crippen molar-refractivity contribution in [1.29, 1.82) is 0 Å². The number of nitrogens with zero attached hydrogens (tertiary/aromatic N) is 2. The Morgan fingerprint density at radius 2 is 2.53 bits per heavy atom. The zero-order chi connectivity index (χ0) is 13.4. The van der Waals surface area contributed by atoms with Gasteiger partial charge in [-0.25, -0.2) is 4.98 Å². The molecule has 3 heterocycles. The third-order valence-electron chi connectivity index (χ3n) is 3.34. The molecule has 1 aliphatic rings. The molecule has 1 aliphatic heterocycles. The van der Waals surface area contributed by atoms with Crippen LogP contribution in [-0.2, 0) is 11.3 Å². The number of hydrogen-bond acceptors (Lipinski definition) is 5. The maximum absolute atomic E-state index is 12.0. The van der Waals surface area contributed by atoms with E-state index >= 15 is 0 Å². The van der Waals surface area contributed by atoms with E-state index in [0.717, 1.165) is 34.6 Å². The highest BCUT2D eigenvalue weighted by atomic mass is 79.9. The first-order valence-electron chi connectivity index (χ1n) is 6.09. The number of nitrogens with one attached hydrogen (secondary N) is 1. The van der Waals surface area contributed by atoms with Gasteiger partial charge in [-0.1, -0.05) is 0 Å². The second-order valence-electron chi connectivity index (χ2n) is 4.66. The summed E-state index contributed by atoms with van der Waals surface area (Å²) in [5.74, 6) is 0.722. The van der Waals surface area contributed by atoms with E-state index in [1.165, 1.54) is 11.3 Å². The fourth-order valence-electron chi connectivity index (χ4n) is 2.38. The molecule has 2 aromatic rings. The van der Waals surface area contributed by atoms with Gasteiger partial charge in [0.2, 0.25) is 0 Å². The molecule has 0 amide bonds. The Bertz CT molecular complexity index is 654. The Morgan fingerprint density at radius 3 is 3.26 bits per heavy atom. The highest BCUT2D eigenvalue weighted by Crippen LogP contribution is 2.25. The summed E-state index contributed by atoms with van der Waals surface area (Å²) in [7, 11) is 1.74. The van der Waals surface area contributed by atoms with Crippen molar-refractivity contribution in [1.82, 2.24) is 14.9 Å². The van der Waals surface area contributed by atoms with Crippen LogP contribution in [0.4, 0.5) is 0 Å². The smallest absolute Gasteiger partial charge is 0.268 e. The molecule has 1 N–H and O–H groups in total. The highest BCUT2D eigenvalue weighted by molar-refractivity contribution is 9.11. The molecule has 0 spiro atoms. The van der Waals surface area contributed by atoms with Crippen LogP contribution < -0.4 is 5.56 Å². The first-order valence-corrected chi connectivity index (χ1v) is 7.70. The van der Waals surface area contributed by atoms with Crippen LogP contribution in [0.2, 0.25) is 0 Å². The number of methoxy groups -OCH3 is 1. The van der Waals surface area contributed by atoms with Crippen molar-refractivity contribution in [2.24, 2.45) is 0 Å². The number of aromatic nitrogens is 2. The third kappa shape index (κ3) is 2.74. The lowest BCUT2D eigenvalue weighted by atomic mass is 10.3. The molecule has 0 unspecified atom stereocenters. The number of fused-ring (bicyclic) bond motifs is 1. The largest absolute Gasteiger partial charge is 0.380 e. The third-order valence-corrected chi connectivity index (χ3v) is 4.96. The lowest BCUT2D eigenvalue weighted by Crippen LogP contribution is -2.25. The van der Waals surface area contributed by atoms with E-state index in [-0.39, 0.29) is 5.56 Å². The molecular weight excluding hydrogens is 330 g/mol. The number of likely N-dealkylation sites (tertiary alicyclic amines) is 1. The van der Waals surface area contributed by atoms with Crippen molar-refractivity contribution >= 4 is 37.5 Å². The summed E-state index contributed by atoms with van der Waals surface area (Å²) in [4.78, 5) is 21.6.